The van der Waals surface area contributed by atoms with Gasteiger partial charge in [-0.05, 0) is 24.1 Å². The van der Waals surface area contributed by atoms with Crippen LogP contribution < -0.4 is 4.74 Å². The lowest BCUT2D eigenvalue weighted by Crippen LogP contribution is -2.30. The maximum atomic E-state index is 9.91. The summed E-state index contributed by atoms with van der Waals surface area (Å²) in [6, 6.07) is 15.5. The van der Waals surface area contributed by atoms with E-state index in [1.54, 1.807) is 7.11 Å². The fourth-order valence-corrected chi connectivity index (χ4v) is 2.64. The zero-order chi connectivity index (χ0) is 14.6. The lowest BCUT2D eigenvalue weighted by molar-refractivity contribution is 0.201. The standard InChI is InChI=1S/C17H19ClO2/c1-17(12-19,11-13-7-3-5-9-15(13)18)14-8-4-6-10-16(14)20-2/h3-10,19H,11-12H2,1-2H3. The summed E-state index contributed by atoms with van der Waals surface area (Å²) in [5.74, 6) is 0.788. The minimum Gasteiger partial charge on any atom is -0.496 e. The van der Waals surface area contributed by atoms with Gasteiger partial charge < -0.3 is 9.84 Å². The molecule has 1 N–H and O–H groups in total. The number of aliphatic hydroxyl groups is 1. The van der Waals surface area contributed by atoms with Gasteiger partial charge in [0.1, 0.15) is 5.75 Å². The molecule has 0 fully saturated rings. The van der Waals surface area contributed by atoms with E-state index in [-0.39, 0.29) is 6.61 Å². The molecule has 1 atom stereocenters. The maximum absolute atomic E-state index is 9.91. The molecule has 2 aromatic carbocycles. The Labute approximate surface area is 125 Å². The average Bonchev–Trinajstić information content (AvgIpc) is 2.49. The number of rotatable bonds is 5. The zero-order valence-electron chi connectivity index (χ0n) is 11.8. The molecule has 0 saturated carbocycles. The fourth-order valence-electron chi connectivity index (χ4n) is 2.44. The Morgan fingerprint density at radius 3 is 2.40 bits per heavy atom. The lowest BCUT2D eigenvalue weighted by Gasteiger charge is -2.30. The van der Waals surface area contributed by atoms with Crippen molar-refractivity contribution in [3.8, 4) is 5.75 Å². The van der Waals surface area contributed by atoms with Gasteiger partial charge in [-0.25, -0.2) is 0 Å². The van der Waals surface area contributed by atoms with Gasteiger partial charge in [0.2, 0.25) is 0 Å². The average molecular weight is 291 g/mol. The van der Waals surface area contributed by atoms with Gasteiger partial charge in [0.05, 0.1) is 13.7 Å². The van der Waals surface area contributed by atoms with E-state index in [9.17, 15) is 5.11 Å². The number of ether oxygens (including phenoxy) is 1. The van der Waals surface area contributed by atoms with Gasteiger partial charge in [0.15, 0.2) is 0 Å². The fraction of sp³-hybridized carbons (Fsp3) is 0.294. The summed E-state index contributed by atoms with van der Waals surface area (Å²) in [7, 11) is 1.64. The quantitative estimate of drug-likeness (QED) is 0.906. The molecular formula is C17H19ClO2. The van der Waals surface area contributed by atoms with E-state index in [1.165, 1.54) is 0 Å². The summed E-state index contributed by atoms with van der Waals surface area (Å²) in [5, 5.41) is 10.6. The molecule has 0 aliphatic rings. The maximum Gasteiger partial charge on any atom is 0.122 e. The monoisotopic (exact) mass is 290 g/mol. The molecule has 0 radical (unpaired) electrons. The van der Waals surface area contributed by atoms with E-state index < -0.39 is 5.41 Å². The molecule has 0 bridgehead atoms. The largest absolute Gasteiger partial charge is 0.496 e. The van der Waals surface area contributed by atoms with Crippen LogP contribution in [-0.2, 0) is 11.8 Å². The second-order valence-electron chi connectivity index (χ2n) is 5.19. The minimum atomic E-state index is -0.433. The van der Waals surface area contributed by atoms with Crippen molar-refractivity contribution in [3.63, 3.8) is 0 Å². The highest BCUT2D eigenvalue weighted by atomic mass is 35.5. The van der Waals surface area contributed by atoms with Gasteiger partial charge in [0.25, 0.3) is 0 Å². The Hall–Kier alpha value is -1.51. The third kappa shape index (κ3) is 2.97. The van der Waals surface area contributed by atoms with Crippen LogP contribution in [0.3, 0.4) is 0 Å². The summed E-state index contributed by atoms with van der Waals surface area (Å²) < 4.78 is 5.42. The van der Waals surface area contributed by atoms with Crippen molar-refractivity contribution in [3.05, 3.63) is 64.7 Å². The third-order valence-electron chi connectivity index (χ3n) is 3.64. The Bertz CT molecular complexity index is 583. The molecule has 0 amide bonds. The van der Waals surface area contributed by atoms with E-state index in [1.807, 2.05) is 55.5 Å². The summed E-state index contributed by atoms with van der Waals surface area (Å²) in [5.41, 5.74) is 1.58. The normalized spacial score (nSPS) is 13.8. The summed E-state index contributed by atoms with van der Waals surface area (Å²) >= 11 is 6.24. The second kappa shape index (κ2) is 6.29. The highest BCUT2D eigenvalue weighted by Gasteiger charge is 2.29. The number of hydrogen-bond acceptors (Lipinski definition) is 2. The topological polar surface area (TPSA) is 29.5 Å². The van der Waals surface area contributed by atoms with Gasteiger partial charge >= 0.3 is 0 Å². The molecule has 1 unspecified atom stereocenters. The Kier molecular flexibility index (Phi) is 4.69. The van der Waals surface area contributed by atoms with Crippen molar-refractivity contribution in [2.24, 2.45) is 0 Å². The van der Waals surface area contributed by atoms with E-state index in [0.29, 0.717) is 6.42 Å². The molecule has 0 aliphatic heterocycles. The Morgan fingerprint density at radius 1 is 1.10 bits per heavy atom. The Balaban J connectivity index is 2.41. The van der Waals surface area contributed by atoms with Gasteiger partial charge in [-0.3, -0.25) is 0 Å². The van der Waals surface area contributed by atoms with Gasteiger partial charge in [-0.1, -0.05) is 54.9 Å². The van der Waals surface area contributed by atoms with Crippen molar-refractivity contribution in [2.75, 3.05) is 13.7 Å². The second-order valence-corrected chi connectivity index (χ2v) is 5.59. The van der Waals surface area contributed by atoms with E-state index in [0.717, 1.165) is 21.9 Å². The zero-order valence-corrected chi connectivity index (χ0v) is 12.5. The Morgan fingerprint density at radius 2 is 1.75 bits per heavy atom. The van der Waals surface area contributed by atoms with Gasteiger partial charge in [-0.15, -0.1) is 0 Å². The van der Waals surface area contributed by atoms with Crippen molar-refractivity contribution < 1.29 is 9.84 Å². The van der Waals surface area contributed by atoms with Crippen LogP contribution in [-0.4, -0.2) is 18.8 Å². The number of hydrogen-bond donors (Lipinski definition) is 1. The molecule has 0 aromatic heterocycles. The van der Waals surface area contributed by atoms with Gasteiger partial charge in [0, 0.05) is 16.0 Å². The predicted octanol–water partition coefficient (Wildman–Crippen LogP) is 3.84. The van der Waals surface area contributed by atoms with Crippen LogP contribution in [0.5, 0.6) is 5.75 Å². The number of halogens is 1. The van der Waals surface area contributed by atoms with Crippen molar-refractivity contribution in [2.45, 2.75) is 18.8 Å². The number of para-hydroxylation sites is 1. The molecule has 0 spiro atoms. The first-order valence-corrected chi connectivity index (χ1v) is 6.96. The summed E-state index contributed by atoms with van der Waals surface area (Å²) in [6.07, 6.45) is 0.656. The van der Waals surface area contributed by atoms with Crippen LogP contribution >= 0.6 is 11.6 Å². The van der Waals surface area contributed by atoms with Crippen molar-refractivity contribution in [1.82, 2.24) is 0 Å². The number of methoxy groups -OCH3 is 1. The van der Waals surface area contributed by atoms with Crippen LogP contribution in [0, 0.1) is 0 Å². The first-order valence-electron chi connectivity index (χ1n) is 6.58. The van der Waals surface area contributed by atoms with Crippen LogP contribution in [0.4, 0.5) is 0 Å². The summed E-state index contributed by atoms with van der Waals surface area (Å²) in [4.78, 5) is 0. The van der Waals surface area contributed by atoms with Crippen LogP contribution in [0.2, 0.25) is 5.02 Å². The predicted molar refractivity (Wildman–Crippen MR) is 82.6 cm³/mol. The molecule has 0 saturated heterocycles. The first kappa shape index (κ1) is 14.9. The minimum absolute atomic E-state index is 0.0264. The highest BCUT2D eigenvalue weighted by molar-refractivity contribution is 6.31. The molecule has 2 aromatic rings. The third-order valence-corrected chi connectivity index (χ3v) is 4.01. The lowest BCUT2D eigenvalue weighted by atomic mass is 9.77. The molecule has 3 heteroatoms. The molecular weight excluding hydrogens is 272 g/mol. The number of aliphatic hydroxyl groups excluding tert-OH is 1. The smallest absolute Gasteiger partial charge is 0.122 e. The highest BCUT2D eigenvalue weighted by Crippen LogP contribution is 2.35. The van der Waals surface area contributed by atoms with E-state index in [4.69, 9.17) is 16.3 Å². The number of benzene rings is 2. The van der Waals surface area contributed by atoms with Crippen molar-refractivity contribution in [1.29, 1.82) is 0 Å². The molecule has 20 heavy (non-hydrogen) atoms. The van der Waals surface area contributed by atoms with Gasteiger partial charge in [-0.2, -0.15) is 0 Å². The molecule has 0 heterocycles. The van der Waals surface area contributed by atoms with E-state index in [2.05, 4.69) is 0 Å². The van der Waals surface area contributed by atoms with Crippen LogP contribution in [0.25, 0.3) is 0 Å². The first-order chi connectivity index (χ1) is 9.60. The molecule has 2 nitrogen and oxygen atoms in total. The van der Waals surface area contributed by atoms with Crippen LogP contribution in [0.15, 0.2) is 48.5 Å². The van der Waals surface area contributed by atoms with Crippen molar-refractivity contribution >= 4 is 11.6 Å². The molecule has 2 rings (SSSR count). The van der Waals surface area contributed by atoms with Crippen LogP contribution in [0.1, 0.15) is 18.1 Å². The summed E-state index contributed by atoms with van der Waals surface area (Å²) in [6.45, 7) is 2.05. The molecule has 0 aliphatic carbocycles. The SMILES string of the molecule is COc1ccccc1C(C)(CO)Cc1ccccc1Cl. The molecule has 106 valence electrons. The van der Waals surface area contributed by atoms with E-state index >= 15 is 0 Å².